The Hall–Kier alpha value is -1.62. The molecule has 2 aromatic rings. The highest BCUT2D eigenvalue weighted by Crippen LogP contribution is 2.15. The first kappa shape index (κ1) is 13.4. The van der Waals surface area contributed by atoms with E-state index < -0.39 is 0 Å². The van der Waals surface area contributed by atoms with E-state index in [4.69, 9.17) is 5.73 Å². The molecule has 15 heavy (non-hydrogen) atoms. The largest absolute Gasteiger partial charge is 0.383 e. The Balaban J connectivity index is 0.000000442. The first-order chi connectivity index (χ1) is 7.29. The number of aryl methyl sites for hydroxylation is 1. The third kappa shape index (κ3) is 2.92. The van der Waals surface area contributed by atoms with E-state index in [0.29, 0.717) is 5.82 Å². The van der Waals surface area contributed by atoms with Gasteiger partial charge < -0.3 is 16.0 Å². The Kier molecular flexibility index (Phi) is 6.05. The number of anilines is 1. The summed E-state index contributed by atoms with van der Waals surface area (Å²) in [5.74, 6) is 0.538. The summed E-state index contributed by atoms with van der Waals surface area (Å²) in [6.45, 7) is 4.00. The lowest BCUT2D eigenvalue weighted by Gasteiger charge is -1.94. The quantitative estimate of drug-likeness (QED) is 0.682. The van der Waals surface area contributed by atoms with Gasteiger partial charge in [0.25, 0.3) is 0 Å². The van der Waals surface area contributed by atoms with Crippen LogP contribution in [0, 0.1) is 0 Å². The van der Waals surface area contributed by atoms with Crippen molar-refractivity contribution in [2.45, 2.75) is 13.8 Å². The van der Waals surface area contributed by atoms with Crippen LogP contribution in [-0.4, -0.2) is 21.6 Å². The third-order valence-electron chi connectivity index (χ3n) is 1.69. The molecule has 0 unspecified atom stereocenters. The fourth-order valence-electron chi connectivity index (χ4n) is 1.10. The average molecular weight is 209 g/mol. The number of nitrogens with zero attached hydrogens (tertiary/aromatic N) is 3. The molecule has 0 saturated carbocycles. The molecule has 0 aromatic carbocycles. The monoisotopic (exact) mass is 209 g/mol. The SMILES string of the molecule is CC.CN.Cn1ccc2c(N)ncnc21. The van der Waals surface area contributed by atoms with Gasteiger partial charge in [-0.2, -0.15) is 0 Å². The summed E-state index contributed by atoms with van der Waals surface area (Å²) in [5.41, 5.74) is 11.0. The van der Waals surface area contributed by atoms with Crippen LogP contribution in [0.15, 0.2) is 18.6 Å². The summed E-state index contributed by atoms with van der Waals surface area (Å²) in [6, 6.07) is 1.91. The van der Waals surface area contributed by atoms with Crippen LogP contribution in [0.1, 0.15) is 13.8 Å². The molecule has 84 valence electrons. The number of fused-ring (bicyclic) bond motifs is 1. The van der Waals surface area contributed by atoms with E-state index in [0.717, 1.165) is 11.0 Å². The zero-order valence-corrected chi connectivity index (χ0v) is 9.73. The van der Waals surface area contributed by atoms with Crippen molar-refractivity contribution in [1.29, 1.82) is 0 Å². The highest BCUT2D eigenvalue weighted by atomic mass is 15.0. The van der Waals surface area contributed by atoms with E-state index in [1.165, 1.54) is 13.4 Å². The molecule has 2 heterocycles. The summed E-state index contributed by atoms with van der Waals surface area (Å²) < 4.78 is 1.91. The standard InChI is InChI=1S/C7H8N4.C2H6.CH5N/c1-11-3-2-5-6(8)9-4-10-7(5)11;2*1-2/h2-4H,1H3,(H2,8,9,10);1-2H3;2H2,1H3. The molecular weight excluding hydrogens is 190 g/mol. The van der Waals surface area contributed by atoms with Gasteiger partial charge in [-0.25, -0.2) is 9.97 Å². The lowest BCUT2D eigenvalue weighted by Crippen LogP contribution is -1.93. The normalized spacial score (nSPS) is 8.60. The van der Waals surface area contributed by atoms with Gasteiger partial charge >= 0.3 is 0 Å². The molecule has 0 aliphatic heterocycles. The van der Waals surface area contributed by atoms with Gasteiger partial charge in [0.1, 0.15) is 17.8 Å². The molecule has 2 aromatic heterocycles. The molecule has 5 nitrogen and oxygen atoms in total. The summed E-state index contributed by atoms with van der Waals surface area (Å²) in [5, 5.41) is 0.912. The number of rotatable bonds is 0. The molecule has 0 saturated heterocycles. The zero-order chi connectivity index (χ0) is 11.8. The van der Waals surface area contributed by atoms with Crippen molar-refractivity contribution in [3.63, 3.8) is 0 Å². The maximum atomic E-state index is 5.61. The van der Waals surface area contributed by atoms with Crippen LogP contribution < -0.4 is 11.5 Å². The highest BCUT2D eigenvalue weighted by Gasteiger charge is 2.01. The van der Waals surface area contributed by atoms with Gasteiger partial charge in [-0.05, 0) is 13.1 Å². The highest BCUT2D eigenvalue weighted by molar-refractivity contribution is 5.85. The van der Waals surface area contributed by atoms with E-state index >= 15 is 0 Å². The summed E-state index contributed by atoms with van der Waals surface area (Å²) in [7, 11) is 3.43. The van der Waals surface area contributed by atoms with Gasteiger partial charge in [0.2, 0.25) is 0 Å². The van der Waals surface area contributed by atoms with E-state index in [9.17, 15) is 0 Å². The van der Waals surface area contributed by atoms with Gasteiger partial charge in [-0.1, -0.05) is 13.8 Å². The van der Waals surface area contributed by atoms with E-state index in [1.807, 2.05) is 37.7 Å². The van der Waals surface area contributed by atoms with Gasteiger partial charge in [-0.15, -0.1) is 0 Å². The van der Waals surface area contributed by atoms with E-state index in [-0.39, 0.29) is 0 Å². The van der Waals surface area contributed by atoms with Gasteiger partial charge in [0, 0.05) is 13.2 Å². The molecule has 0 radical (unpaired) electrons. The first-order valence-corrected chi connectivity index (χ1v) is 4.88. The predicted molar refractivity (Wildman–Crippen MR) is 64.4 cm³/mol. The fraction of sp³-hybridized carbons (Fsp3) is 0.400. The van der Waals surface area contributed by atoms with Crippen molar-refractivity contribution in [3.8, 4) is 0 Å². The maximum Gasteiger partial charge on any atom is 0.145 e. The average Bonchev–Trinajstić information content (AvgIpc) is 2.68. The van der Waals surface area contributed by atoms with Crippen molar-refractivity contribution >= 4 is 16.9 Å². The molecule has 0 spiro atoms. The minimum atomic E-state index is 0.538. The predicted octanol–water partition coefficient (Wildman–Crippen LogP) is 1.15. The second-order valence-corrected chi connectivity index (χ2v) is 2.42. The second kappa shape index (κ2) is 6.78. The number of nitrogens with two attached hydrogens (primary N) is 2. The summed E-state index contributed by atoms with van der Waals surface area (Å²) in [6.07, 6.45) is 3.38. The Labute approximate surface area is 90.1 Å². The molecular formula is C10H19N5. The first-order valence-electron chi connectivity index (χ1n) is 4.88. The Bertz CT molecular complexity index is 394. The fourth-order valence-corrected chi connectivity index (χ4v) is 1.10. The van der Waals surface area contributed by atoms with E-state index in [2.05, 4.69) is 15.7 Å². The molecule has 0 atom stereocenters. The van der Waals surface area contributed by atoms with Crippen LogP contribution in [0.4, 0.5) is 5.82 Å². The van der Waals surface area contributed by atoms with Crippen molar-refractivity contribution in [3.05, 3.63) is 18.6 Å². The summed E-state index contributed by atoms with van der Waals surface area (Å²) >= 11 is 0. The number of hydrogen-bond donors (Lipinski definition) is 2. The van der Waals surface area contributed by atoms with Crippen molar-refractivity contribution in [1.82, 2.24) is 14.5 Å². The molecule has 4 N–H and O–H groups in total. The number of hydrogen-bond acceptors (Lipinski definition) is 4. The van der Waals surface area contributed by atoms with Crippen LogP contribution in [0.25, 0.3) is 11.0 Å². The lowest BCUT2D eigenvalue weighted by molar-refractivity contribution is 0.944. The van der Waals surface area contributed by atoms with Crippen molar-refractivity contribution in [2.75, 3.05) is 12.8 Å². The van der Waals surface area contributed by atoms with Crippen LogP contribution in [0.5, 0.6) is 0 Å². The van der Waals surface area contributed by atoms with Gasteiger partial charge in [0.05, 0.1) is 5.39 Å². The molecule has 0 fully saturated rings. The van der Waals surface area contributed by atoms with Crippen LogP contribution >= 0.6 is 0 Å². The van der Waals surface area contributed by atoms with Crippen LogP contribution in [-0.2, 0) is 7.05 Å². The Morgan fingerprint density at radius 2 is 1.80 bits per heavy atom. The third-order valence-corrected chi connectivity index (χ3v) is 1.69. The topological polar surface area (TPSA) is 82.8 Å². The van der Waals surface area contributed by atoms with Crippen LogP contribution in [0.3, 0.4) is 0 Å². The summed E-state index contributed by atoms with van der Waals surface area (Å²) in [4.78, 5) is 7.95. The molecule has 0 bridgehead atoms. The lowest BCUT2D eigenvalue weighted by atomic mass is 10.4. The molecule has 0 aliphatic carbocycles. The molecule has 2 rings (SSSR count). The maximum absolute atomic E-state index is 5.61. The smallest absolute Gasteiger partial charge is 0.145 e. The minimum Gasteiger partial charge on any atom is -0.383 e. The van der Waals surface area contributed by atoms with Gasteiger partial charge in [0.15, 0.2) is 0 Å². The number of aromatic nitrogens is 3. The van der Waals surface area contributed by atoms with Crippen molar-refractivity contribution < 1.29 is 0 Å². The van der Waals surface area contributed by atoms with Crippen LogP contribution in [0.2, 0.25) is 0 Å². The molecule has 0 aliphatic rings. The Morgan fingerprint density at radius 3 is 2.33 bits per heavy atom. The Morgan fingerprint density at radius 1 is 1.20 bits per heavy atom. The van der Waals surface area contributed by atoms with Crippen molar-refractivity contribution in [2.24, 2.45) is 12.8 Å². The minimum absolute atomic E-state index is 0.538. The second-order valence-electron chi connectivity index (χ2n) is 2.42. The molecule has 0 amide bonds. The zero-order valence-electron chi connectivity index (χ0n) is 9.73. The van der Waals surface area contributed by atoms with Gasteiger partial charge in [-0.3, -0.25) is 0 Å². The van der Waals surface area contributed by atoms with E-state index in [1.54, 1.807) is 0 Å². The number of nitrogen functional groups attached to an aromatic ring is 1. The molecule has 5 heteroatoms.